The van der Waals surface area contributed by atoms with Gasteiger partial charge in [-0.3, -0.25) is 0 Å². The molecule has 76 valence electrons. The summed E-state index contributed by atoms with van der Waals surface area (Å²) in [5.41, 5.74) is -0.373. The number of hydrogen-bond acceptors (Lipinski definition) is 4. The Labute approximate surface area is 86.4 Å². The smallest absolute Gasteiger partial charge is 0.329 e. The first-order valence-corrected chi connectivity index (χ1v) is 4.54. The van der Waals surface area contributed by atoms with Crippen LogP contribution in [0.2, 0.25) is 0 Å². The van der Waals surface area contributed by atoms with E-state index in [-0.39, 0.29) is 0 Å². The van der Waals surface area contributed by atoms with Gasteiger partial charge in [0, 0.05) is 6.20 Å². The molecule has 0 amide bonds. The lowest BCUT2D eigenvalue weighted by atomic mass is 10.2. The third kappa shape index (κ3) is 1.74. The highest BCUT2D eigenvalue weighted by molar-refractivity contribution is 5.85. The number of pyridine rings is 1. The minimum Gasteiger partial charge on any atom is -0.480 e. The molecule has 1 aliphatic carbocycles. The highest BCUT2D eigenvalue weighted by Crippen LogP contribution is 2.38. The molecule has 15 heavy (non-hydrogen) atoms. The Hall–Kier alpha value is -2.09. The monoisotopic (exact) mass is 203 g/mol. The molecule has 0 spiro atoms. The zero-order valence-corrected chi connectivity index (χ0v) is 7.90. The molecular weight excluding hydrogens is 194 g/mol. The van der Waals surface area contributed by atoms with Crippen LogP contribution >= 0.6 is 0 Å². The molecule has 1 fully saturated rings. The summed E-state index contributed by atoms with van der Waals surface area (Å²) in [6.45, 7) is 0. The fourth-order valence-electron chi connectivity index (χ4n) is 1.30. The largest absolute Gasteiger partial charge is 0.480 e. The van der Waals surface area contributed by atoms with E-state index in [1.54, 1.807) is 12.1 Å². The minimum absolute atomic E-state index is 0.459. The third-order valence-corrected chi connectivity index (χ3v) is 2.42. The van der Waals surface area contributed by atoms with E-state index in [2.05, 4.69) is 10.3 Å². The second kappa shape index (κ2) is 3.24. The van der Waals surface area contributed by atoms with Gasteiger partial charge in [-0.25, -0.2) is 9.78 Å². The van der Waals surface area contributed by atoms with Gasteiger partial charge in [-0.2, -0.15) is 5.26 Å². The van der Waals surface area contributed by atoms with E-state index in [0.717, 1.165) is 0 Å². The van der Waals surface area contributed by atoms with Crippen molar-refractivity contribution in [2.24, 2.45) is 0 Å². The Morgan fingerprint density at radius 2 is 2.33 bits per heavy atom. The lowest BCUT2D eigenvalue weighted by Gasteiger charge is -2.12. The molecular formula is C10H9N3O2. The molecule has 0 saturated heterocycles. The van der Waals surface area contributed by atoms with Crippen LogP contribution in [0.3, 0.4) is 0 Å². The average molecular weight is 203 g/mol. The second-order valence-corrected chi connectivity index (χ2v) is 3.56. The van der Waals surface area contributed by atoms with Crippen LogP contribution in [0.5, 0.6) is 0 Å². The van der Waals surface area contributed by atoms with E-state index in [0.29, 0.717) is 24.2 Å². The summed E-state index contributed by atoms with van der Waals surface area (Å²) in [7, 11) is 0. The maximum absolute atomic E-state index is 10.9. The number of aromatic nitrogens is 1. The molecule has 1 aromatic heterocycles. The molecule has 0 bridgehead atoms. The highest BCUT2D eigenvalue weighted by atomic mass is 16.4. The van der Waals surface area contributed by atoms with E-state index in [1.807, 2.05) is 6.07 Å². The first kappa shape index (κ1) is 9.46. The quantitative estimate of drug-likeness (QED) is 0.764. The average Bonchev–Trinajstić information content (AvgIpc) is 3.00. The molecule has 0 radical (unpaired) electrons. The van der Waals surface area contributed by atoms with E-state index in [1.165, 1.54) is 6.20 Å². The molecule has 0 aromatic carbocycles. The van der Waals surface area contributed by atoms with Gasteiger partial charge in [0.05, 0.1) is 5.56 Å². The third-order valence-electron chi connectivity index (χ3n) is 2.42. The van der Waals surface area contributed by atoms with Gasteiger partial charge in [0.2, 0.25) is 0 Å². The lowest BCUT2D eigenvalue weighted by Crippen LogP contribution is -2.31. The number of hydrogen-bond donors (Lipinski definition) is 2. The summed E-state index contributed by atoms with van der Waals surface area (Å²) in [5, 5.41) is 20.3. The molecule has 5 heteroatoms. The van der Waals surface area contributed by atoms with Crippen molar-refractivity contribution in [3.05, 3.63) is 23.9 Å². The Morgan fingerprint density at radius 1 is 1.60 bits per heavy atom. The van der Waals surface area contributed by atoms with Gasteiger partial charge in [0.15, 0.2) is 0 Å². The van der Waals surface area contributed by atoms with Gasteiger partial charge in [-0.15, -0.1) is 0 Å². The number of carboxylic acid groups (broad SMARTS) is 1. The van der Waals surface area contributed by atoms with Crippen molar-refractivity contribution in [1.29, 1.82) is 5.26 Å². The number of carboxylic acids is 1. The van der Waals surface area contributed by atoms with Crippen molar-refractivity contribution in [3.63, 3.8) is 0 Å². The number of nitrogens with zero attached hydrogens (tertiary/aromatic N) is 2. The Morgan fingerprint density at radius 3 is 2.73 bits per heavy atom. The van der Waals surface area contributed by atoms with Gasteiger partial charge in [0.1, 0.15) is 17.4 Å². The van der Waals surface area contributed by atoms with Crippen LogP contribution in [-0.2, 0) is 4.79 Å². The summed E-state index contributed by atoms with van der Waals surface area (Å²) in [5.74, 6) is -0.359. The van der Waals surface area contributed by atoms with Crippen molar-refractivity contribution in [1.82, 2.24) is 4.98 Å². The molecule has 0 aliphatic heterocycles. The molecule has 0 unspecified atom stereocenters. The van der Waals surface area contributed by atoms with Gasteiger partial charge < -0.3 is 10.4 Å². The molecule has 2 rings (SSSR count). The van der Waals surface area contributed by atoms with Gasteiger partial charge >= 0.3 is 5.97 Å². The number of nitrogens with one attached hydrogen (secondary N) is 1. The van der Waals surface area contributed by atoms with Crippen molar-refractivity contribution in [3.8, 4) is 6.07 Å². The van der Waals surface area contributed by atoms with Crippen molar-refractivity contribution < 1.29 is 9.90 Å². The molecule has 0 atom stereocenters. The maximum atomic E-state index is 10.9. The number of aliphatic carboxylic acids is 1. The van der Waals surface area contributed by atoms with E-state index >= 15 is 0 Å². The molecule has 1 heterocycles. The SMILES string of the molecule is N#Cc1ccc(NC2(C(=O)O)CC2)nc1. The van der Waals surface area contributed by atoms with Crippen molar-refractivity contribution >= 4 is 11.8 Å². The minimum atomic E-state index is -0.853. The Bertz CT molecular complexity index is 429. The Kier molecular flexibility index (Phi) is 2.05. The molecule has 1 aliphatic rings. The van der Waals surface area contributed by atoms with Crippen LogP contribution in [0.4, 0.5) is 5.82 Å². The summed E-state index contributed by atoms with van der Waals surface area (Å²) in [4.78, 5) is 14.8. The van der Waals surface area contributed by atoms with E-state index in [4.69, 9.17) is 10.4 Å². The number of nitriles is 1. The Balaban J connectivity index is 2.12. The molecule has 2 N–H and O–H groups in total. The first-order valence-electron chi connectivity index (χ1n) is 4.54. The van der Waals surface area contributed by atoms with Crippen LogP contribution < -0.4 is 5.32 Å². The summed E-state index contributed by atoms with van der Waals surface area (Å²) in [6, 6.07) is 5.17. The number of carbonyl (C=O) groups is 1. The molecule has 1 aromatic rings. The van der Waals surface area contributed by atoms with Gasteiger partial charge in [-0.05, 0) is 25.0 Å². The topological polar surface area (TPSA) is 86.0 Å². The van der Waals surface area contributed by atoms with Crippen LogP contribution in [0.15, 0.2) is 18.3 Å². The lowest BCUT2D eigenvalue weighted by molar-refractivity contribution is -0.138. The fraction of sp³-hybridized carbons (Fsp3) is 0.300. The summed E-state index contributed by atoms with van der Waals surface area (Å²) in [6.07, 6.45) is 2.65. The zero-order valence-electron chi connectivity index (χ0n) is 7.90. The second-order valence-electron chi connectivity index (χ2n) is 3.56. The van der Waals surface area contributed by atoms with Crippen LogP contribution in [0, 0.1) is 11.3 Å². The van der Waals surface area contributed by atoms with E-state index in [9.17, 15) is 4.79 Å². The van der Waals surface area contributed by atoms with Crippen LogP contribution in [-0.4, -0.2) is 21.6 Å². The number of rotatable bonds is 3. The summed E-state index contributed by atoms with van der Waals surface area (Å²) >= 11 is 0. The van der Waals surface area contributed by atoms with Crippen molar-refractivity contribution in [2.45, 2.75) is 18.4 Å². The first-order chi connectivity index (χ1) is 7.16. The fourth-order valence-corrected chi connectivity index (χ4v) is 1.30. The standard InChI is InChI=1S/C10H9N3O2/c11-5-7-1-2-8(12-6-7)13-10(3-4-10)9(14)15/h1-2,6H,3-4H2,(H,12,13)(H,14,15). The highest BCUT2D eigenvalue weighted by Gasteiger charge is 2.50. The predicted molar refractivity (Wildman–Crippen MR) is 52.2 cm³/mol. The predicted octanol–water partition coefficient (Wildman–Crippen LogP) is 0.982. The molecule has 5 nitrogen and oxygen atoms in total. The van der Waals surface area contributed by atoms with Crippen LogP contribution in [0.25, 0.3) is 0 Å². The van der Waals surface area contributed by atoms with Crippen molar-refractivity contribution in [2.75, 3.05) is 5.32 Å². The van der Waals surface area contributed by atoms with E-state index < -0.39 is 11.5 Å². The maximum Gasteiger partial charge on any atom is 0.329 e. The van der Waals surface area contributed by atoms with Gasteiger partial charge in [0.25, 0.3) is 0 Å². The summed E-state index contributed by atoms with van der Waals surface area (Å²) < 4.78 is 0. The number of anilines is 1. The van der Waals surface area contributed by atoms with Gasteiger partial charge in [-0.1, -0.05) is 0 Å². The van der Waals surface area contributed by atoms with Crippen LogP contribution in [0.1, 0.15) is 18.4 Å². The zero-order chi connectivity index (χ0) is 10.9. The normalized spacial score (nSPS) is 16.5. The molecule has 1 saturated carbocycles.